The topological polar surface area (TPSA) is 64.9 Å². The lowest BCUT2D eigenvalue weighted by atomic mass is 10.2. The Hall–Kier alpha value is -1.12. The highest BCUT2D eigenvalue weighted by atomic mass is 32.2. The number of anilines is 1. The number of aromatic nitrogens is 4. The van der Waals surface area contributed by atoms with Crippen molar-refractivity contribution in [3.63, 3.8) is 0 Å². The van der Waals surface area contributed by atoms with Gasteiger partial charge in [0.2, 0.25) is 5.13 Å². The smallest absolute Gasteiger partial charge is 0.206 e. The lowest BCUT2D eigenvalue weighted by Gasteiger charge is -2.08. The Morgan fingerprint density at radius 1 is 1.55 bits per heavy atom. The highest BCUT2D eigenvalue weighted by Crippen LogP contribution is 2.28. The Balaban J connectivity index is 1.47. The number of thioether (sulfide) groups is 1. The van der Waals surface area contributed by atoms with Crippen molar-refractivity contribution in [2.24, 2.45) is 7.05 Å². The summed E-state index contributed by atoms with van der Waals surface area (Å²) in [7, 11) is 2.00. The standard InChI is InChI=1S/C12H17N5OS2/c1-17-5-4-13-10(17)8-19-12-16-15-11(20-12)14-7-9-3-2-6-18-9/h4-5,9H,2-3,6-8H2,1H3,(H,14,15). The Kier molecular flexibility index (Phi) is 4.54. The van der Waals surface area contributed by atoms with Crippen LogP contribution in [0.3, 0.4) is 0 Å². The molecule has 3 heterocycles. The van der Waals surface area contributed by atoms with E-state index in [9.17, 15) is 0 Å². The average molecular weight is 311 g/mol. The molecule has 1 unspecified atom stereocenters. The maximum Gasteiger partial charge on any atom is 0.206 e. The molecule has 1 aliphatic rings. The zero-order valence-electron chi connectivity index (χ0n) is 11.3. The highest BCUT2D eigenvalue weighted by molar-refractivity contribution is 8.00. The lowest BCUT2D eigenvalue weighted by molar-refractivity contribution is 0.120. The van der Waals surface area contributed by atoms with E-state index in [1.54, 1.807) is 23.1 Å². The number of rotatable bonds is 6. The van der Waals surface area contributed by atoms with Crippen LogP contribution in [0.2, 0.25) is 0 Å². The molecule has 0 aromatic carbocycles. The molecule has 2 aromatic heterocycles. The number of imidazole rings is 1. The first-order chi connectivity index (χ1) is 9.81. The monoisotopic (exact) mass is 311 g/mol. The van der Waals surface area contributed by atoms with Crippen LogP contribution in [0.25, 0.3) is 0 Å². The summed E-state index contributed by atoms with van der Waals surface area (Å²) in [5.41, 5.74) is 0. The molecule has 1 saturated heterocycles. The van der Waals surface area contributed by atoms with E-state index in [-0.39, 0.29) is 0 Å². The maximum absolute atomic E-state index is 5.57. The van der Waals surface area contributed by atoms with Crippen molar-refractivity contribution in [1.29, 1.82) is 0 Å². The summed E-state index contributed by atoms with van der Waals surface area (Å²) in [5, 5.41) is 12.5. The van der Waals surface area contributed by atoms with E-state index < -0.39 is 0 Å². The summed E-state index contributed by atoms with van der Waals surface area (Å²) in [6, 6.07) is 0. The van der Waals surface area contributed by atoms with E-state index in [1.165, 1.54) is 0 Å². The number of hydrogen-bond acceptors (Lipinski definition) is 7. The molecular formula is C12H17N5OS2. The lowest BCUT2D eigenvalue weighted by Crippen LogP contribution is -2.18. The number of nitrogens with one attached hydrogen (secondary N) is 1. The highest BCUT2D eigenvalue weighted by Gasteiger charge is 2.15. The van der Waals surface area contributed by atoms with Gasteiger partial charge in [0.25, 0.3) is 0 Å². The molecule has 0 radical (unpaired) electrons. The first-order valence-corrected chi connectivity index (χ1v) is 8.39. The second kappa shape index (κ2) is 6.55. The van der Waals surface area contributed by atoms with Gasteiger partial charge in [-0.05, 0) is 12.8 Å². The fourth-order valence-electron chi connectivity index (χ4n) is 2.01. The van der Waals surface area contributed by atoms with Gasteiger partial charge in [-0.2, -0.15) is 0 Å². The molecule has 1 atom stereocenters. The van der Waals surface area contributed by atoms with Crippen molar-refractivity contribution in [2.75, 3.05) is 18.5 Å². The van der Waals surface area contributed by atoms with Gasteiger partial charge in [-0.1, -0.05) is 23.1 Å². The molecule has 0 aliphatic carbocycles. The van der Waals surface area contributed by atoms with Crippen molar-refractivity contribution in [2.45, 2.75) is 29.0 Å². The van der Waals surface area contributed by atoms with Crippen molar-refractivity contribution in [1.82, 2.24) is 19.7 Å². The van der Waals surface area contributed by atoms with Crippen LogP contribution in [-0.2, 0) is 17.5 Å². The molecule has 0 spiro atoms. The minimum atomic E-state index is 0.322. The van der Waals surface area contributed by atoms with Crippen LogP contribution in [0.5, 0.6) is 0 Å². The van der Waals surface area contributed by atoms with Crippen LogP contribution in [0.4, 0.5) is 5.13 Å². The van der Waals surface area contributed by atoms with E-state index in [1.807, 2.05) is 24.0 Å². The average Bonchev–Trinajstić information content (AvgIpc) is 3.16. The van der Waals surface area contributed by atoms with E-state index in [0.29, 0.717) is 6.10 Å². The summed E-state index contributed by atoms with van der Waals surface area (Å²) >= 11 is 3.24. The second-order valence-electron chi connectivity index (χ2n) is 4.63. The van der Waals surface area contributed by atoms with Gasteiger partial charge in [0.15, 0.2) is 4.34 Å². The molecule has 0 saturated carbocycles. The van der Waals surface area contributed by atoms with Crippen LogP contribution in [0, 0.1) is 0 Å². The molecule has 2 aromatic rings. The summed E-state index contributed by atoms with van der Waals surface area (Å²) in [5.74, 6) is 1.85. The third kappa shape index (κ3) is 3.50. The fraction of sp³-hybridized carbons (Fsp3) is 0.583. The van der Waals surface area contributed by atoms with Gasteiger partial charge >= 0.3 is 0 Å². The third-order valence-corrected chi connectivity index (χ3v) is 5.17. The van der Waals surface area contributed by atoms with Crippen LogP contribution >= 0.6 is 23.1 Å². The largest absolute Gasteiger partial charge is 0.376 e. The van der Waals surface area contributed by atoms with Gasteiger partial charge in [-0.15, -0.1) is 10.2 Å². The van der Waals surface area contributed by atoms with E-state index in [0.717, 1.165) is 47.0 Å². The zero-order valence-corrected chi connectivity index (χ0v) is 12.9. The van der Waals surface area contributed by atoms with Gasteiger partial charge in [0, 0.05) is 32.6 Å². The Morgan fingerprint density at radius 2 is 2.50 bits per heavy atom. The molecule has 0 amide bonds. The molecule has 1 aliphatic heterocycles. The molecule has 3 rings (SSSR count). The summed E-state index contributed by atoms with van der Waals surface area (Å²) in [6.45, 7) is 1.70. The van der Waals surface area contributed by atoms with E-state index in [4.69, 9.17) is 4.74 Å². The van der Waals surface area contributed by atoms with Gasteiger partial charge < -0.3 is 14.6 Å². The van der Waals surface area contributed by atoms with Crippen molar-refractivity contribution in [3.8, 4) is 0 Å². The molecule has 20 heavy (non-hydrogen) atoms. The summed E-state index contributed by atoms with van der Waals surface area (Å²) in [4.78, 5) is 4.29. The minimum Gasteiger partial charge on any atom is -0.376 e. The SMILES string of the molecule is Cn1ccnc1CSc1nnc(NCC2CCCO2)s1. The van der Waals surface area contributed by atoms with Crippen LogP contribution in [0.15, 0.2) is 16.7 Å². The van der Waals surface area contributed by atoms with Crippen molar-refractivity contribution >= 4 is 28.2 Å². The minimum absolute atomic E-state index is 0.322. The van der Waals surface area contributed by atoms with Gasteiger partial charge in [0.1, 0.15) is 5.82 Å². The molecule has 0 bridgehead atoms. The quantitative estimate of drug-likeness (QED) is 0.825. The second-order valence-corrected chi connectivity index (χ2v) is 6.83. The molecule has 1 N–H and O–H groups in total. The Labute approximate surface area is 126 Å². The van der Waals surface area contributed by atoms with Crippen LogP contribution < -0.4 is 5.32 Å². The van der Waals surface area contributed by atoms with Gasteiger partial charge in [-0.3, -0.25) is 0 Å². The number of aryl methyl sites for hydroxylation is 1. The van der Waals surface area contributed by atoms with Crippen molar-refractivity contribution < 1.29 is 4.74 Å². The molecule has 8 heteroatoms. The normalized spacial score (nSPS) is 18.6. The van der Waals surface area contributed by atoms with Gasteiger partial charge in [-0.25, -0.2) is 4.98 Å². The van der Waals surface area contributed by atoms with Crippen LogP contribution in [0.1, 0.15) is 18.7 Å². The molecule has 1 fully saturated rings. The first-order valence-electron chi connectivity index (χ1n) is 6.59. The Bertz CT molecular complexity index is 550. The summed E-state index contributed by atoms with van der Waals surface area (Å²) < 4.78 is 8.55. The maximum atomic E-state index is 5.57. The van der Waals surface area contributed by atoms with Gasteiger partial charge in [0.05, 0.1) is 11.9 Å². The number of hydrogen-bond donors (Lipinski definition) is 1. The third-order valence-electron chi connectivity index (χ3n) is 3.16. The first kappa shape index (κ1) is 13.8. The molecule has 108 valence electrons. The fourth-order valence-corrected chi connectivity index (χ4v) is 3.77. The number of nitrogens with zero attached hydrogens (tertiary/aromatic N) is 4. The molecular weight excluding hydrogens is 294 g/mol. The van der Waals surface area contributed by atoms with E-state index in [2.05, 4.69) is 20.5 Å². The predicted molar refractivity (Wildman–Crippen MR) is 80.1 cm³/mol. The van der Waals surface area contributed by atoms with Crippen LogP contribution in [-0.4, -0.2) is 39.0 Å². The Morgan fingerprint density at radius 3 is 3.25 bits per heavy atom. The van der Waals surface area contributed by atoms with Crippen molar-refractivity contribution in [3.05, 3.63) is 18.2 Å². The number of ether oxygens (including phenoxy) is 1. The zero-order chi connectivity index (χ0) is 13.8. The molecule has 6 nitrogen and oxygen atoms in total. The predicted octanol–water partition coefficient (Wildman–Crippen LogP) is 2.15. The summed E-state index contributed by atoms with van der Waals surface area (Å²) in [6.07, 6.45) is 6.37. The van der Waals surface area contributed by atoms with E-state index >= 15 is 0 Å².